The summed E-state index contributed by atoms with van der Waals surface area (Å²) in [6, 6.07) is 5.05. The van der Waals surface area contributed by atoms with Crippen LogP contribution in [0.2, 0.25) is 10.0 Å². The summed E-state index contributed by atoms with van der Waals surface area (Å²) >= 11 is 13.0. The fraction of sp³-hybridized carbons (Fsp3) is 0.214. The van der Waals surface area contributed by atoms with Crippen molar-refractivity contribution in [3.05, 3.63) is 44.9 Å². The van der Waals surface area contributed by atoms with Gasteiger partial charge < -0.3 is 15.3 Å². The van der Waals surface area contributed by atoms with E-state index < -0.39 is 5.97 Å². The van der Waals surface area contributed by atoms with E-state index in [9.17, 15) is 4.79 Å². The molecule has 1 heterocycles. The minimum Gasteiger partial charge on any atom is -0.461 e. The van der Waals surface area contributed by atoms with Gasteiger partial charge in [0.15, 0.2) is 5.13 Å². The fourth-order valence-corrected chi connectivity index (χ4v) is 2.45. The van der Waals surface area contributed by atoms with Gasteiger partial charge in [0.1, 0.15) is 12.3 Å². The molecule has 0 spiro atoms. The number of hydrogen-bond donors (Lipinski definition) is 1. The van der Waals surface area contributed by atoms with E-state index in [0.29, 0.717) is 20.9 Å². The van der Waals surface area contributed by atoms with Crippen LogP contribution in [0.15, 0.2) is 28.7 Å². The van der Waals surface area contributed by atoms with Gasteiger partial charge in [-0.1, -0.05) is 34.4 Å². The Kier molecular flexibility index (Phi) is 6.20. The van der Waals surface area contributed by atoms with Crippen LogP contribution in [0.5, 0.6) is 0 Å². The molecule has 0 unspecified atom stereocenters. The van der Waals surface area contributed by atoms with Crippen LogP contribution < -0.4 is 5.73 Å². The van der Waals surface area contributed by atoms with E-state index in [-0.39, 0.29) is 18.9 Å². The zero-order valence-electron chi connectivity index (χ0n) is 12.1. The Hall–Kier alpha value is -1.83. The molecular formula is C14H13Cl2N3O3S. The first-order valence-electron chi connectivity index (χ1n) is 6.53. The largest absolute Gasteiger partial charge is 0.461 e. The molecule has 9 heteroatoms. The number of ether oxygens (including phenoxy) is 1. The lowest BCUT2D eigenvalue weighted by atomic mass is 10.2. The first-order chi connectivity index (χ1) is 11.0. The van der Waals surface area contributed by atoms with Gasteiger partial charge in [-0.2, -0.15) is 0 Å². The third kappa shape index (κ3) is 4.82. The summed E-state index contributed by atoms with van der Waals surface area (Å²) in [7, 11) is 0. The molecule has 1 aromatic heterocycles. The van der Waals surface area contributed by atoms with Crippen LogP contribution in [-0.2, 0) is 21.0 Å². The smallest absolute Gasteiger partial charge is 0.362 e. The maximum Gasteiger partial charge on any atom is 0.362 e. The molecule has 0 fully saturated rings. The standard InChI is InChI=1S/C14H13Cl2N3O3S/c1-2-21-13(20)12(11-7-23-14(17)18-11)19-22-6-8-3-4-9(15)10(16)5-8/h3-5,7H,2,6H2,1H3,(H2,17,18)/b19-12+. The van der Waals surface area contributed by atoms with E-state index in [1.807, 2.05) is 0 Å². The number of anilines is 1. The van der Waals surface area contributed by atoms with Crippen LogP contribution in [0.1, 0.15) is 18.2 Å². The second-order valence-electron chi connectivity index (χ2n) is 4.25. The molecule has 0 aliphatic carbocycles. The molecule has 2 rings (SSSR count). The molecule has 2 aromatic rings. The fourth-order valence-electron chi connectivity index (χ4n) is 1.59. The molecule has 0 bridgehead atoms. The molecule has 122 valence electrons. The summed E-state index contributed by atoms with van der Waals surface area (Å²) in [4.78, 5) is 21.2. The number of thiazole rings is 1. The van der Waals surface area contributed by atoms with Crippen LogP contribution in [0.25, 0.3) is 0 Å². The van der Waals surface area contributed by atoms with Crippen molar-refractivity contribution in [1.82, 2.24) is 4.98 Å². The molecule has 0 aliphatic rings. The van der Waals surface area contributed by atoms with Crippen molar-refractivity contribution in [2.45, 2.75) is 13.5 Å². The average molecular weight is 374 g/mol. The van der Waals surface area contributed by atoms with Crippen molar-refractivity contribution < 1.29 is 14.4 Å². The first kappa shape index (κ1) is 17.5. The molecular weight excluding hydrogens is 361 g/mol. The first-order valence-corrected chi connectivity index (χ1v) is 8.17. The van der Waals surface area contributed by atoms with Gasteiger partial charge >= 0.3 is 5.97 Å². The Balaban J connectivity index is 2.13. The van der Waals surface area contributed by atoms with Crippen LogP contribution in [-0.4, -0.2) is 23.3 Å². The van der Waals surface area contributed by atoms with Gasteiger partial charge in [0.2, 0.25) is 5.71 Å². The van der Waals surface area contributed by atoms with Crippen molar-refractivity contribution in [2.24, 2.45) is 5.16 Å². The van der Waals surface area contributed by atoms with Gasteiger partial charge in [0, 0.05) is 5.38 Å². The second kappa shape index (κ2) is 8.14. The minimum atomic E-state index is -0.632. The topological polar surface area (TPSA) is 86.8 Å². The van der Waals surface area contributed by atoms with Gasteiger partial charge in [-0.25, -0.2) is 9.78 Å². The number of oxime groups is 1. The van der Waals surface area contributed by atoms with Crippen LogP contribution >= 0.6 is 34.5 Å². The van der Waals surface area contributed by atoms with Crippen molar-refractivity contribution in [3.63, 3.8) is 0 Å². The minimum absolute atomic E-state index is 0.0418. The summed E-state index contributed by atoms with van der Waals surface area (Å²) in [5.41, 5.74) is 6.59. The zero-order valence-corrected chi connectivity index (χ0v) is 14.4. The molecule has 0 saturated heterocycles. The molecule has 6 nitrogen and oxygen atoms in total. The number of rotatable bonds is 6. The highest BCUT2D eigenvalue weighted by molar-refractivity contribution is 7.13. The summed E-state index contributed by atoms with van der Waals surface area (Å²) in [5, 5.41) is 6.61. The maximum absolute atomic E-state index is 11.9. The lowest BCUT2D eigenvalue weighted by Crippen LogP contribution is -2.19. The highest BCUT2D eigenvalue weighted by Crippen LogP contribution is 2.23. The molecule has 0 saturated carbocycles. The zero-order chi connectivity index (χ0) is 16.8. The molecule has 0 radical (unpaired) electrons. The number of benzene rings is 1. The predicted octanol–water partition coefficient (Wildman–Crippen LogP) is 3.52. The number of halogens is 2. The number of nitrogens with two attached hydrogens (primary N) is 1. The number of aromatic nitrogens is 1. The molecule has 23 heavy (non-hydrogen) atoms. The van der Waals surface area contributed by atoms with Crippen LogP contribution in [0, 0.1) is 0 Å². The number of esters is 1. The van der Waals surface area contributed by atoms with Gasteiger partial charge in [-0.05, 0) is 24.6 Å². The van der Waals surface area contributed by atoms with E-state index in [4.69, 9.17) is 38.5 Å². The molecule has 1 aromatic carbocycles. The predicted molar refractivity (Wildman–Crippen MR) is 90.9 cm³/mol. The van der Waals surface area contributed by atoms with E-state index >= 15 is 0 Å². The lowest BCUT2D eigenvalue weighted by molar-refractivity contribution is -0.135. The number of carbonyl (C=O) groups excluding carboxylic acids is 1. The highest BCUT2D eigenvalue weighted by Gasteiger charge is 2.19. The Morgan fingerprint density at radius 2 is 2.17 bits per heavy atom. The SMILES string of the molecule is CCOC(=O)/C(=N/OCc1ccc(Cl)c(Cl)c1)c1csc(N)n1. The Labute approximate surface area is 146 Å². The van der Waals surface area contributed by atoms with Crippen molar-refractivity contribution in [3.8, 4) is 0 Å². The second-order valence-corrected chi connectivity index (χ2v) is 5.96. The monoisotopic (exact) mass is 373 g/mol. The van der Waals surface area contributed by atoms with Gasteiger partial charge in [0.05, 0.1) is 16.7 Å². The third-order valence-electron chi connectivity index (χ3n) is 2.60. The quantitative estimate of drug-likeness (QED) is 0.475. The third-order valence-corrected chi connectivity index (χ3v) is 4.02. The van der Waals surface area contributed by atoms with E-state index in [0.717, 1.165) is 5.56 Å². The van der Waals surface area contributed by atoms with Crippen molar-refractivity contribution >= 4 is 51.4 Å². The maximum atomic E-state index is 11.9. The Morgan fingerprint density at radius 1 is 1.39 bits per heavy atom. The Morgan fingerprint density at radius 3 is 2.78 bits per heavy atom. The number of nitrogens with zero attached hydrogens (tertiary/aromatic N) is 2. The average Bonchev–Trinajstić information content (AvgIpc) is 2.93. The lowest BCUT2D eigenvalue weighted by Gasteiger charge is -2.05. The van der Waals surface area contributed by atoms with Crippen LogP contribution in [0.4, 0.5) is 5.13 Å². The summed E-state index contributed by atoms with van der Waals surface area (Å²) in [5.74, 6) is -0.632. The number of nitrogen functional groups attached to an aromatic ring is 1. The number of hydrogen-bond acceptors (Lipinski definition) is 7. The van der Waals surface area contributed by atoms with E-state index in [1.165, 1.54) is 11.3 Å². The van der Waals surface area contributed by atoms with Gasteiger partial charge in [0.25, 0.3) is 0 Å². The van der Waals surface area contributed by atoms with E-state index in [1.54, 1.807) is 30.5 Å². The Bertz CT molecular complexity index is 734. The van der Waals surface area contributed by atoms with Gasteiger partial charge in [-0.15, -0.1) is 11.3 Å². The van der Waals surface area contributed by atoms with Crippen molar-refractivity contribution in [2.75, 3.05) is 12.3 Å². The summed E-state index contributed by atoms with van der Waals surface area (Å²) in [6.07, 6.45) is 0. The molecule has 0 amide bonds. The van der Waals surface area contributed by atoms with Crippen molar-refractivity contribution in [1.29, 1.82) is 0 Å². The molecule has 2 N–H and O–H groups in total. The molecule has 0 atom stereocenters. The summed E-state index contributed by atoms with van der Waals surface area (Å²) < 4.78 is 4.94. The van der Waals surface area contributed by atoms with Gasteiger partial charge in [-0.3, -0.25) is 0 Å². The number of carbonyl (C=O) groups is 1. The molecule has 0 aliphatic heterocycles. The highest BCUT2D eigenvalue weighted by atomic mass is 35.5. The normalized spacial score (nSPS) is 11.3. The van der Waals surface area contributed by atoms with Crippen LogP contribution in [0.3, 0.4) is 0 Å². The summed E-state index contributed by atoms with van der Waals surface area (Å²) in [6.45, 7) is 2.02. The van der Waals surface area contributed by atoms with E-state index in [2.05, 4.69) is 10.1 Å².